The number of amides is 2. The Morgan fingerprint density at radius 3 is 2.41 bits per heavy atom. The molecule has 2 amide bonds. The van der Waals surface area contributed by atoms with E-state index in [1.807, 2.05) is 30.3 Å². The van der Waals surface area contributed by atoms with Crippen LogP contribution in [0.3, 0.4) is 0 Å². The number of benzene rings is 2. The van der Waals surface area contributed by atoms with E-state index >= 15 is 0 Å². The topological polar surface area (TPSA) is 75.7 Å². The Balaban J connectivity index is 1.37. The zero-order valence-corrected chi connectivity index (χ0v) is 16.4. The zero-order chi connectivity index (χ0) is 20.4. The average molecular weight is 392 g/mol. The van der Waals surface area contributed by atoms with Crippen LogP contribution in [-0.2, 0) is 16.0 Å². The fourth-order valence-corrected chi connectivity index (χ4v) is 4.07. The first kappa shape index (κ1) is 19.2. The molecule has 0 spiro atoms. The van der Waals surface area contributed by atoms with Crippen molar-refractivity contribution in [3.05, 3.63) is 71.3 Å². The van der Waals surface area contributed by atoms with E-state index < -0.39 is 11.6 Å². The van der Waals surface area contributed by atoms with Crippen LogP contribution in [0.25, 0.3) is 0 Å². The van der Waals surface area contributed by atoms with Crippen molar-refractivity contribution >= 4 is 17.8 Å². The van der Waals surface area contributed by atoms with Gasteiger partial charge in [-0.15, -0.1) is 0 Å². The molecule has 2 aromatic carbocycles. The van der Waals surface area contributed by atoms with Gasteiger partial charge in [0.2, 0.25) is 0 Å². The minimum Gasteiger partial charge on any atom is -0.445 e. The quantitative estimate of drug-likeness (QED) is 0.815. The van der Waals surface area contributed by atoms with E-state index in [9.17, 15) is 14.4 Å². The molecule has 1 saturated heterocycles. The fourth-order valence-electron chi connectivity index (χ4n) is 4.07. The maximum absolute atomic E-state index is 13.1. The minimum atomic E-state index is -1.19. The second kappa shape index (κ2) is 7.70. The molecule has 4 rings (SSSR count). The van der Waals surface area contributed by atoms with Gasteiger partial charge in [0.05, 0.1) is 5.56 Å². The summed E-state index contributed by atoms with van der Waals surface area (Å²) in [6.07, 6.45) is 1.72. The summed E-state index contributed by atoms with van der Waals surface area (Å²) in [7, 11) is 0. The molecule has 0 aliphatic carbocycles. The third-order valence-electron chi connectivity index (χ3n) is 5.69. The van der Waals surface area contributed by atoms with Gasteiger partial charge in [-0.05, 0) is 43.5 Å². The molecule has 0 saturated carbocycles. The van der Waals surface area contributed by atoms with Gasteiger partial charge in [-0.2, -0.15) is 0 Å². The molecule has 6 nitrogen and oxygen atoms in total. The first-order valence-electron chi connectivity index (χ1n) is 9.93. The number of nitrogens with zero attached hydrogens (tertiary/aromatic N) is 1. The standard InChI is InChI=1S/C23H24N2O4/c1-23(15-17-9-5-6-10-19(17)21(27)29-23)22(28)25-13-11-18(12-14-25)24-20(26)16-7-3-2-4-8-16/h2-10,18H,11-15H2,1H3,(H,24,26). The molecule has 0 radical (unpaired) electrons. The Kier molecular flexibility index (Phi) is 5.09. The van der Waals surface area contributed by atoms with Crippen molar-refractivity contribution in [3.8, 4) is 0 Å². The van der Waals surface area contributed by atoms with Gasteiger partial charge in [0.1, 0.15) is 0 Å². The third-order valence-corrected chi connectivity index (χ3v) is 5.69. The van der Waals surface area contributed by atoms with Gasteiger partial charge in [0, 0.05) is 31.1 Å². The Morgan fingerprint density at radius 2 is 1.69 bits per heavy atom. The van der Waals surface area contributed by atoms with E-state index in [0.29, 0.717) is 43.5 Å². The molecule has 2 heterocycles. The average Bonchev–Trinajstić information content (AvgIpc) is 2.74. The molecular formula is C23H24N2O4. The molecule has 0 bridgehead atoms. The lowest BCUT2D eigenvalue weighted by Crippen LogP contribution is -2.56. The van der Waals surface area contributed by atoms with Crippen LogP contribution in [0.2, 0.25) is 0 Å². The largest absolute Gasteiger partial charge is 0.445 e. The molecule has 2 aromatic rings. The highest BCUT2D eigenvalue weighted by molar-refractivity contribution is 5.97. The van der Waals surface area contributed by atoms with Gasteiger partial charge in [0.25, 0.3) is 11.8 Å². The molecule has 2 aliphatic rings. The van der Waals surface area contributed by atoms with Gasteiger partial charge in [-0.1, -0.05) is 36.4 Å². The summed E-state index contributed by atoms with van der Waals surface area (Å²) in [6.45, 7) is 2.73. The summed E-state index contributed by atoms with van der Waals surface area (Å²) >= 11 is 0. The molecule has 6 heteroatoms. The SMILES string of the molecule is CC1(C(=O)N2CCC(NC(=O)c3ccccc3)CC2)Cc2ccccc2C(=O)O1. The minimum absolute atomic E-state index is 0.0224. The first-order valence-corrected chi connectivity index (χ1v) is 9.93. The molecule has 1 fully saturated rings. The number of piperidine rings is 1. The molecule has 29 heavy (non-hydrogen) atoms. The second-order valence-electron chi connectivity index (χ2n) is 7.86. The van der Waals surface area contributed by atoms with Crippen molar-refractivity contribution in [2.75, 3.05) is 13.1 Å². The summed E-state index contributed by atoms with van der Waals surface area (Å²) in [6, 6.07) is 16.4. The lowest BCUT2D eigenvalue weighted by atomic mass is 9.88. The maximum Gasteiger partial charge on any atom is 0.339 e. The number of fused-ring (bicyclic) bond motifs is 1. The van der Waals surface area contributed by atoms with Crippen LogP contribution < -0.4 is 5.32 Å². The highest BCUT2D eigenvalue weighted by Gasteiger charge is 2.45. The molecule has 1 unspecified atom stereocenters. The van der Waals surface area contributed by atoms with E-state index in [1.54, 1.807) is 36.1 Å². The summed E-state index contributed by atoms with van der Waals surface area (Å²) in [5, 5.41) is 3.04. The van der Waals surface area contributed by atoms with Gasteiger partial charge in [-0.25, -0.2) is 4.79 Å². The van der Waals surface area contributed by atoms with E-state index in [4.69, 9.17) is 4.74 Å². The number of cyclic esters (lactones) is 1. The summed E-state index contributed by atoms with van der Waals surface area (Å²) in [4.78, 5) is 39.6. The van der Waals surface area contributed by atoms with Crippen LogP contribution in [0.5, 0.6) is 0 Å². The van der Waals surface area contributed by atoms with Crippen LogP contribution in [-0.4, -0.2) is 47.4 Å². The van der Waals surface area contributed by atoms with Crippen molar-refractivity contribution in [1.29, 1.82) is 0 Å². The van der Waals surface area contributed by atoms with E-state index in [-0.39, 0.29) is 17.9 Å². The van der Waals surface area contributed by atoms with Crippen molar-refractivity contribution in [3.63, 3.8) is 0 Å². The van der Waals surface area contributed by atoms with E-state index in [1.165, 1.54) is 0 Å². The maximum atomic E-state index is 13.1. The number of carbonyl (C=O) groups excluding carboxylic acids is 3. The van der Waals surface area contributed by atoms with Crippen LogP contribution in [0.15, 0.2) is 54.6 Å². The fraction of sp³-hybridized carbons (Fsp3) is 0.348. The number of hydrogen-bond acceptors (Lipinski definition) is 4. The lowest BCUT2D eigenvalue weighted by Gasteiger charge is -2.40. The predicted molar refractivity (Wildman–Crippen MR) is 107 cm³/mol. The number of nitrogens with one attached hydrogen (secondary N) is 1. The number of hydrogen-bond donors (Lipinski definition) is 1. The number of carbonyl (C=O) groups is 3. The summed E-state index contributed by atoms with van der Waals surface area (Å²) < 4.78 is 5.56. The molecule has 1 atom stereocenters. The van der Waals surface area contributed by atoms with Crippen molar-refractivity contribution < 1.29 is 19.1 Å². The van der Waals surface area contributed by atoms with E-state index in [2.05, 4.69) is 5.32 Å². The predicted octanol–water partition coefficient (Wildman–Crippen LogP) is 2.58. The smallest absolute Gasteiger partial charge is 0.339 e. The normalized spacial score (nSPS) is 21.8. The van der Waals surface area contributed by atoms with Gasteiger partial charge in [-0.3, -0.25) is 9.59 Å². The van der Waals surface area contributed by atoms with Gasteiger partial charge >= 0.3 is 5.97 Å². The molecule has 0 aromatic heterocycles. The Labute approximate surface area is 169 Å². The van der Waals surface area contributed by atoms with Crippen LogP contribution in [0.4, 0.5) is 0 Å². The number of rotatable bonds is 3. The number of likely N-dealkylation sites (tertiary alicyclic amines) is 1. The Morgan fingerprint density at radius 1 is 1.03 bits per heavy atom. The first-order chi connectivity index (χ1) is 14.0. The highest BCUT2D eigenvalue weighted by atomic mass is 16.6. The number of ether oxygens (including phenoxy) is 1. The van der Waals surface area contributed by atoms with E-state index in [0.717, 1.165) is 5.56 Å². The number of esters is 1. The highest BCUT2D eigenvalue weighted by Crippen LogP contribution is 2.30. The molecule has 150 valence electrons. The van der Waals surface area contributed by atoms with Gasteiger partial charge in [0.15, 0.2) is 5.60 Å². The van der Waals surface area contributed by atoms with Crippen molar-refractivity contribution in [2.45, 2.75) is 37.8 Å². The lowest BCUT2D eigenvalue weighted by molar-refractivity contribution is -0.152. The molecular weight excluding hydrogens is 368 g/mol. The Bertz CT molecular complexity index is 935. The van der Waals surface area contributed by atoms with Crippen LogP contribution in [0, 0.1) is 0 Å². The molecule has 1 N–H and O–H groups in total. The zero-order valence-electron chi connectivity index (χ0n) is 16.4. The third kappa shape index (κ3) is 3.88. The Hall–Kier alpha value is -3.15. The summed E-state index contributed by atoms with van der Waals surface area (Å²) in [5.41, 5.74) is 0.807. The monoisotopic (exact) mass is 392 g/mol. The summed E-state index contributed by atoms with van der Waals surface area (Å²) in [5.74, 6) is -0.721. The van der Waals surface area contributed by atoms with Crippen LogP contribution in [0.1, 0.15) is 46.0 Å². The molecule has 2 aliphatic heterocycles. The van der Waals surface area contributed by atoms with Crippen LogP contribution >= 0.6 is 0 Å². The van der Waals surface area contributed by atoms with Crippen molar-refractivity contribution in [1.82, 2.24) is 10.2 Å². The van der Waals surface area contributed by atoms with Crippen molar-refractivity contribution in [2.24, 2.45) is 0 Å². The van der Waals surface area contributed by atoms with Gasteiger partial charge < -0.3 is 15.0 Å². The second-order valence-corrected chi connectivity index (χ2v) is 7.86.